The van der Waals surface area contributed by atoms with Gasteiger partial charge in [0.1, 0.15) is 22.7 Å². The first-order valence-electron chi connectivity index (χ1n) is 19.1. The Morgan fingerprint density at radius 3 is 1.00 bits per heavy atom. The molecule has 0 saturated heterocycles. The lowest BCUT2D eigenvalue weighted by atomic mass is 9.70. The van der Waals surface area contributed by atoms with Gasteiger partial charge in [-0.1, -0.05) is 141 Å². The number of Topliss-reactive ketones (excluding diaryl/α,β-unsaturated/α-hetero) is 2. The van der Waals surface area contributed by atoms with Crippen LogP contribution in [0.4, 0.5) is 0 Å². The number of ketones is 2. The van der Waals surface area contributed by atoms with Crippen molar-refractivity contribution in [2.45, 2.75) is 213 Å². The van der Waals surface area contributed by atoms with Gasteiger partial charge < -0.3 is 10.8 Å². The number of carbonyl (C=O) groups is 2. The number of rotatable bonds is 33. The van der Waals surface area contributed by atoms with Crippen molar-refractivity contribution in [1.82, 2.24) is 0 Å². The number of allylic oxidation sites excluding steroid dienone is 4. The van der Waals surface area contributed by atoms with E-state index in [0.29, 0.717) is 12.8 Å². The standard InChI is InChI=1S/C40H75NO3/c1-5-7-9-11-13-15-17-19-21-23-25-27-29-31-33-35-37(42)39(3,40(4,41)44)38(43)36-34-32-30-28-26-24-22-20-18-16-14-12-10-8-6-2/h19-22,44H,5-18,23-36,41H2,1-4H3/b21-19-,22-20-. The predicted molar refractivity (Wildman–Crippen MR) is 192 cm³/mol. The summed E-state index contributed by atoms with van der Waals surface area (Å²) in [5.74, 6) is -0.416. The summed E-state index contributed by atoms with van der Waals surface area (Å²) in [5, 5.41) is 10.7. The average molecular weight is 618 g/mol. The minimum atomic E-state index is -1.84. The van der Waals surface area contributed by atoms with E-state index >= 15 is 0 Å². The third-order valence-corrected chi connectivity index (χ3v) is 9.46. The molecule has 0 aromatic rings. The highest BCUT2D eigenvalue weighted by Gasteiger charge is 2.51. The van der Waals surface area contributed by atoms with Gasteiger partial charge in [0.15, 0.2) is 0 Å². The zero-order valence-corrected chi connectivity index (χ0v) is 29.9. The van der Waals surface area contributed by atoms with Crippen LogP contribution >= 0.6 is 0 Å². The highest BCUT2D eigenvalue weighted by molar-refractivity contribution is 6.07. The Morgan fingerprint density at radius 1 is 0.477 bits per heavy atom. The number of hydrogen-bond acceptors (Lipinski definition) is 4. The summed E-state index contributed by atoms with van der Waals surface area (Å²) in [6.07, 6.45) is 41.1. The molecule has 0 rings (SSSR count). The van der Waals surface area contributed by atoms with E-state index < -0.39 is 11.1 Å². The molecule has 0 saturated carbocycles. The van der Waals surface area contributed by atoms with Crippen molar-refractivity contribution in [2.75, 3.05) is 0 Å². The fourth-order valence-electron chi connectivity index (χ4n) is 5.93. The average Bonchev–Trinajstić information content (AvgIpc) is 2.99. The van der Waals surface area contributed by atoms with Gasteiger partial charge in [-0.05, 0) is 78.1 Å². The molecule has 1 unspecified atom stereocenters. The van der Waals surface area contributed by atoms with Crippen LogP contribution in [0.2, 0.25) is 0 Å². The molecule has 0 aliphatic rings. The lowest BCUT2D eigenvalue weighted by Crippen LogP contribution is -2.60. The molecule has 0 fully saturated rings. The van der Waals surface area contributed by atoms with E-state index in [9.17, 15) is 14.7 Å². The lowest BCUT2D eigenvalue weighted by molar-refractivity contribution is -0.156. The van der Waals surface area contributed by atoms with E-state index in [1.807, 2.05) is 0 Å². The van der Waals surface area contributed by atoms with E-state index in [2.05, 4.69) is 38.2 Å². The molecule has 258 valence electrons. The summed E-state index contributed by atoms with van der Waals surface area (Å²) in [7, 11) is 0. The van der Waals surface area contributed by atoms with Gasteiger partial charge in [0, 0.05) is 12.8 Å². The maximum Gasteiger partial charge on any atom is 0.150 e. The number of hydrogen-bond donors (Lipinski definition) is 2. The smallest absolute Gasteiger partial charge is 0.150 e. The molecule has 0 radical (unpaired) electrons. The maximum atomic E-state index is 13.2. The van der Waals surface area contributed by atoms with Gasteiger partial charge >= 0.3 is 0 Å². The van der Waals surface area contributed by atoms with Gasteiger partial charge in [-0.3, -0.25) is 9.59 Å². The number of aliphatic hydroxyl groups is 1. The van der Waals surface area contributed by atoms with Gasteiger partial charge in [0.25, 0.3) is 0 Å². The second-order valence-electron chi connectivity index (χ2n) is 13.8. The van der Waals surface area contributed by atoms with Crippen LogP contribution in [0.5, 0.6) is 0 Å². The van der Waals surface area contributed by atoms with E-state index in [1.165, 1.54) is 110 Å². The third-order valence-electron chi connectivity index (χ3n) is 9.46. The Hall–Kier alpha value is -1.26. The quantitative estimate of drug-likeness (QED) is 0.0332. The first-order valence-corrected chi connectivity index (χ1v) is 19.1. The van der Waals surface area contributed by atoms with Crippen molar-refractivity contribution in [2.24, 2.45) is 11.1 Å². The van der Waals surface area contributed by atoms with Crippen molar-refractivity contribution in [3.63, 3.8) is 0 Å². The van der Waals surface area contributed by atoms with Crippen molar-refractivity contribution in [1.29, 1.82) is 0 Å². The normalized spacial score (nSPS) is 13.7. The molecule has 0 aromatic heterocycles. The molecular formula is C40H75NO3. The maximum absolute atomic E-state index is 13.2. The second kappa shape index (κ2) is 29.2. The van der Waals surface area contributed by atoms with E-state index in [1.54, 1.807) is 6.92 Å². The Kier molecular flexibility index (Phi) is 28.3. The summed E-state index contributed by atoms with van der Waals surface area (Å²) in [4.78, 5) is 26.3. The zero-order valence-electron chi connectivity index (χ0n) is 29.9. The Labute approximate surface area is 274 Å². The van der Waals surface area contributed by atoms with Crippen LogP contribution in [0.15, 0.2) is 24.3 Å². The molecule has 0 aliphatic carbocycles. The Morgan fingerprint density at radius 2 is 0.727 bits per heavy atom. The molecule has 44 heavy (non-hydrogen) atoms. The molecule has 0 heterocycles. The number of carbonyl (C=O) groups excluding carboxylic acids is 2. The van der Waals surface area contributed by atoms with Gasteiger partial charge in [-0.25, -0.2) is 0 Å². The summed E-state index contributed by atoms with van der Waals surface area (Å²) in [5.41, 5.74) is 2.65. The topological polar surface area (TPSA) is 80.4 Å². The van der Waals surface area contributed by atoms with Crippen LogP contribution in [-0.2, 0) is 9.59 Å². The van der Waals surface area contributed by atoms with Crippen molar-refractivity contribution in [3.8, 4) is 0 Å². The minimum Gasteiger partial charge on any atom is -0.375 e. The van der Waals surface area contributed by atoms with Crippen LogP contribution in [0.3, 0.4) is 0 Å². The van der Waals surface area contributed by atoms with E-state index in [4.69, 9.17) is 5.73 Å². The molecular weight excluding hydrogens is 542 g/mol. The van der Waals surface area contributed by atoms with Crippen molar-refractivity contribution >= 4 is 11.6 Å². The lowest BCUT2D eigenvalue weighted by Gasteiger charge is -2.37. The highest BCUT2D eigenvalue weighted by Crippen LogP contribution is 2.34. The minimum absolute atomic E-state index is 0.208. The molecule has 3 N–H and O–H groups in total. The molecule has 0 bridgehead atoms. The van der Waals surface area contributed by atoms with Crippen LogP contribution in [0.1, 0.15) is 207 Å². The zero-order chi connectivity index (χ0) is 32.8. The van der Waals surface area contributed by atoms with Crippen molar-refractivity contribution < 1.29 is 14.7 Å². The fourth-order valence-corrected chi connectivity index (χ4v) is 5.93. The molecule has 4 nitrogen and oxygen atoms in total. The first-order chi connectivity index (χ1) is 21.2. The fraction of sp³-hybridized carbons (Fsp3) is 0.850. The largest absolute Gasteiger partial charge is 0.375 e. The van der Waals surface area contributed by atoms with Crippen LogP contribution < -0.4 is 5.73 Å². The van der Waals surface area contributed by atoms with Gasteiger partial charge in [0.2, 0.25) is 0 Å². The summed E-state index contributed by atoms with van der Waals surface area (Å²) >= 11 is 0. The monoisotopic (exact) mass is 618 g/mol. The van der Waals surface area contributed by atoms with Crippen LogP contribution in [0, 0.1) is 5.41 Å². The van der Waals surface area contributed by atoms with Crippen LogP contribution in [0.25, 0.3) is 0 Å². The van der Waals surface area contributed by atoms with Gasteiger partial charge in [-0.15, -0.1) is 0 Å². The highest BCUT2D eigenvalue weighted by atomic mass is 16.3. The van der Waals surface area contributed by atoms with Gasteiger partial charge in [-0.2, -0.15) is 0 Å². The number of unbranched alkanes of at least 4 members (excludes halogenated alkanes) is 22. The Balaban J connectivity index is 4.04. The van der Waals surface area contributed by atoms with Gasteiger partial charge in [0.05, 0.1) is 0 Å². The summed E-state index contributed by atoms with van der Waals surface area (Å²) in [6.45, 7) is 7.49. The predicted octanol–water partition coefficient (Wildman–Crippen LogP) is 11.9. The molecule has 0 amide bonds. The molecule has 0 aliphatic heterocycles. The molecule has 1 atom stereocenters. The Bertz CT molecular complexity index is 681. The number of nitrogens with two attached hydrogens (primary N) is 1. The second-order valence-corrected chi connectivity index (χ2v) is 13.8. The molecule has 4 heteroatoms. The third kappa shape index (κ3) is 22.3. The SMILES string of the molecule is CCCCCCCC/C=C\CCCCCCCC(=O)C(C)(C(=O)CCCCCCC/C=C\CCCCCCCC)C(C)(N)O. The van der Waals surface area contributed by atoms with E-state index in [0.717, 1.165) is 64.2 Å². The molecule has 0 spiro atoms. The summed E-state index contributed by atoms with van der Waals surface area (Å²) in [6, 6.07) is 0. The molecule has 0 aromatic carbocycles. The summed E-state index contributed by atoms with van der Waals surface area (Å²) < 4.78 is 0. The van der Waals surface area contributed by atoms with E-state index in [-0.39, 0.29) is 11.6 Å². The first kappa shape index (κ1) is 42.7. The van der Waals surface area contributed by atoms with Crippen LogP contribution in [-0.4, -0.2) is 22.4 Å². The van der Waals surface area contributed by atoms with Crippen molar-refractivity contribution in [3.05, 3.63) is 24.3 Å².